The molecule has 2 aromatic carbocycles. The van der Waals surface area contributed by atoms with Crippen LogP contribution in [0.5, 0.6) is 0 Å². The van der Waals surface area contributed by atoms with E-state index in [4.69, 9.17) is 0 Å². The van der Waals surface area contributed by atoms with E-state index in [9.17, 15) is 13.2 Å². The fraction of sp³-hybridized carbons (Fsp3) is 0.188. The molecule has 128 valence electrons. The van der Waals surface area contributed by atoms with E-state index in [-0.39, 0.29) is 16.4 Å². The van der Waals surface area contributed by atoms with Crippen molar-refractivity contribution in [1.29, 1.82) is 0 Å². The first-order valence-corrected chi connectivity index (χ1v) is 9.95. The molecule has 0 heterocycles. The topological polar surface area (TPSA) is 66.5 Å². The van der Waals surface area contributed by atoms with Crippen molar-refractivity contribution in [3.8, 4) is 0 Å². The van der Waals surface area contributed by atoms with Crippen molar-refractivity contribution in [1.82, 2.24) is 4.31 Å². The molecule has 0 aliphatic rings. The predicted molar refractivity (Wildman–Crippen MR) is 102 cm³/mol. The van der Waals surface area contributed by atoms with Crippen molar-refractivity contribution in [2.24, 2.45) is 0 Å². The average molecular weight is 476 g/mol. The van der Waals surface area contributed by atoms with Gasteiger partial charge in [0.25, 0.3) is 5.91 Å². The maximum Gasteiger partial charge on any atom is 0.255 e. The molecule has 0 fully saturated rings. The lowest BCUT2D eigenvalue weighted by Crippen LogP contribution is -2.23. The predicted octanol–water partition coefficient (Wildman–Crippen LogP) is 4.02. The summed E-state index contributed by atoms with van der Waals surface area (Å²) in [5, 5.41) is 2.80. The van der Waals surface area contributed by atoms with E-state index in [1.54, 1.807) is 18.2 Å². The van der Waals surface area contributed by atoms with Crippen LogP contribution in [0.1, 0.15) is 15.9 Å². The summed E-state index contributed by atoms with van der Waals surface area (Å²) in [6.45, 7) is 1.88. The maximum absolute atomic E-state index is 12.5. The second-order valence-corrected chi connectivity index (χ2v) is 9.24. The van der Waals surface area contributed by atoms with Gasteiger partial charge >= 0.3 is 0 Å². The molecule has 2 aromatic rings. The van der Waals surface area contributed by atoms with Gasteiger partial charge in [-0.05, 0) is 64.8 Å². The van der Waals surface area contributed by atoms with Crippen LogP contribution in [-0.2, 0) is 10.0 Å². The molecule has 1 amide bonds. The Balaban J connectivity index is 2.37. The molecule has 5 nitrogen and oxygen atoms in total. The third-order valence-corrected chi connectivity index (χ3v) is 6.69. The minimum absolute atomic E-state index is 0.0488. The van der Waals surface area contributed by atoms with Crippen LogP contribution in [0, 0.1) is 6.92 Å². The zero-order chi connectivity index (χ0) is 18.1. The summed E-state index contributed by atoms with van der Waals surface area (Å²) < 4.78 is 27.1. The first-order valence-electron chi connectivity index (χ1n) is 6.92. The molecule has 0 aliphatic carbocycles. The fourth-order valence-corrected chi connectivity index (χ4v) is 4.32. The Morgan fingerprint density at radius 1 is 1.08 bits per heavy atom. The first kappa shape index (κ1) is 19.1. The molecule has 0 saturated carbocycles. The van der Waals surface area contributed by atoms with Gasteiger partial charge in [0.15, 0.2) is 0 Å². The van der Waals surface area contributed by atoms with Crippen LogP contribution < -0.4 is 5.32 Å². The Hall–Kier alpha value is -1.22. The highest BCUT2D eigenvalue weighted by atomic mass is 79.9. The molecule has 2 rings (SSSR count). The number of benzene rings is 2. The van der Waals surface area contributed by atoms with Gasteiger partial charge in [-0.15, -0.1) is 0 Å². The third-order valence-electron chi connectivity index (χ3n) is 3.39. The van der Waals surface area contributed by atoms with E-state index in [0.717, 1.165) is 14.3 Å². The van der Waals surface area contributed by atoms with E-state index in [1.807, 2.05) is 19.1 Å². The molecule has 0 radical (unpaired) electrons. The standard InChI is InChI=1S/C16H16Br2N2O3S/c1-10-8-12(17)5-7-14(10)19-16(21)11-4-6-13(18)15(9-11)24(22,23)20(2)3/h4-9H,1-3H3,(H,19,21). The molecule has 0 spiro atoms. The second-order valence-electron chi connectivity index (χ2n) is 5.35. The van der Waals surface area contributed by atoms with Crippen molar-refractivity contribution in [3.05, 3.63) is 56.5 Å². The van der Waals surface area contributed by atoms with Crippen molar-refractivity contribution in [2.75, 3.05) is 19.4 Å². The van der Waals surface area contributed by atoms with Crippen molar-refractivity contribution in [3.63, 3.8) is 0 Å². The Morgan fingerprint density at radius 2 is 1.75 bits per heavy atom. The Kier molecular flexibility index (Phi) is 5.85. The number of amides is 1. The minimum Gasteiger partial charge on any atom is -0.322 e. The summed E-state index contributed by atoms with van der Waals surface area (Å²) >= 11 is 6.60. The SMILES string of the molecule is Cc1cc(Br)ccc1NC(=O)c1ccc(Br)c(S(=O)(=O)N(C)C)c1. The van der Waals surface area contributed by atoms with Gasteiger partial charge < -0.3 is 5.32 Å². The molecule has 24 heavy (non-hydrogen) atoms. The van der Waals surface area contributed by atoms with Gasteiger partial charge in [-0.1, -0.05) is 15.9 Å². The Bertz CT molecular complexity index is 896. The largest absolute Gasteiger partial charge is 0.322 e. The summed E-state index contributed by atoms with van der Waals surface area (Å²) in [4.78, 5) is 12.5. The molecule has 0 aromatic heterocycles. The van der Waals surface area contributed by atoms with Gasteiger partial charge in [0, 0.05) is 34.3 Å². The fourth-order valence-electron chi connectivity index (χ4n) is 2.00. The van der Waals surface area contributed by atoms with Crippen molar-refractivity contribution >= 4 is 53.5 Å². The first-order chi connectivity index (χ1) is 11.1. The number of nitrogens with one attached hydrogen (secondary N) is 1. The van der Waals surface area contributed by atoms with Crippen molar-refractivity contribution < 1.29 is 13.2 Å². The number of rotatable bonds is 4. The third kappa shape index (κ3) is 4.05. The summed E-state index contributed by atoms with van der Waals surface area (Å²) in [5.74, 6) is -0.372. The summed E-state index contributed by atoms with van der Waals surface area (Å²) in [5.41, 5.74) is 1.83. The number of carbonyl (C=O) groups excluding carboxylic acids is 1. The van der Waals surface area contributed by atoms with E-state index in [0.29, 0.717) is 10.2 Å². The van der Waals surface area contributed by atoms with Gasteiger partial charge in [-0.25, -0.2) is 12.7 Å². The number of nitrogens with zero attached hydrogens (tertiary/aromatic N) is 1. The number of aryl methyl sites for hydroxylation is 1. The van der Waals surface area contributed by atoms with Crippen LogP contribution in [0.2, 0.25) is 0 Å². The lowest BCUT2D eigenvalue weighted by molar-refractivity contribution is 0.102. The average Bonchev–Trinajstić information content (AvgIpc) is 2.50. The number of halogens is 2. The number of carbonyl (C=O) groups is 1. The van der Waals surface area contributed by atoms with E-state index >= 15 is 0 Å². The minimum atomic E-state index is -3.65. The van der Waals surface area contributed by atoms with Crippen molar-refractivity contribution in [2.45, 2.75) is 11.8 Å². The van der Waals surface area contributed by atoms with E-state index in [1.165, 1.54) is 20.2 Å². The number of hydrogen-bond donors (Lipinski definition) is 1. The zero-order valence-corrected chi connectivity index (χ0v) is 17.3. The van der Waals surface area contributed by atoms with Crippen LogP contribution in [0.3, 0.4) is 0 Å². The van der Waals surface area contributed by atoms with Gasteiger partial charge in [-0.3, -0.25) is 4.79 Å². The number of hydrogen-bond acceptors (Lipinski definition) is 3. The number of sulfonamides is 1. The summed E-state index contributed by atoms with van der Waals surface area (Å²) in [6.07, 6.45) is 0. The summed E-state index contributed by atoms with van der Waals surface area (Å²) in [7, 11) is -0.762. The molecule has 0 unspecified atom stereocenters. The molecule has 1 N–H and O–H groups in total. The molecular formula is C16H16Br2N2O3S. The van der Waals surface area contributed by atoms with E-state index < -0.39 is 10.0 Å². The smallest absolute Gasteiger partial charge is 0.255 e. The monoisotopic (exact) mass is 474 g/mol. The highest BCUT2D eigenvalue weighted by molar-refractivity contribution is 9.10. The zero-order valence-electron chi connectivity index (χ0n) is 13.3. The summed E-state index contributed by atoms with van der Waals surface area (Å²) in [6, 6.07) is 9.99. The van der Waals surface area contributed by atoms with Crippen LogP contribution in [-0.4, -0.2) is 32.7 Å². The van der Waals surface area contributed by atoms with Crippen LogP contribution in [0.15, 0.2) is 50.2 Å². The van der Waals surface area contributed by atoms with Gasteiger partial charge in [0.1, 0.15) is 0 Å². The van der Waals surface area contributed by atoms with Gasteiger partial charge in [-0.2, -0.15) is 0 Å². The molecule has 0 atom stereocenters. The molecule has 0 bridgehead atoms. The Labute approximate surface area is 158 Å². The van der Waals surface area contributed by atoms with Gasteiger partial charge in [0.2, 0.25) is 10.0 Å². The van der Waals surface area contributed by atoms with E-state index in [2.05, 4.69) is 37.2 Å². The lowest BCUT2D eigenvalue weighted by atomic mass is 10.1. The quantitative estimate of drug-likeness (QED) is 0.726. The maximum atomic E-state index is 12.5. The highest BCUT2D eigenvalue weighted by Gasteiger charge is 2.22. The van der Waals surface area contributed by atoms with Gasteiger partial charge in [0.05, 0.1) is 4.90 Å². The van der Waals surface area contributed by atoms with Crippen LogP contribution >= 0.6 is 31.9 Å². The Morgan fingerprint density at radius 3 is 2.33 bits per heavy atom. The van der Waals surface area contributed by atoms with Crippen LogP contribution in [0.25, 0.3) is 0 Å². The van der Waals surface area contributed by atoms with Crippen LogP contribution in [0.4, 0.5) is 5.69 Å². The molecule has 0 aliphatic heterocycles. The second kappa shape index (κ2) is 7.35. The number of anilines is 1. The lowest BCUT2D eigenvalue weighted by Gasteiger charge is -2.14. The molecule has 0 saturated heterocycles. The molecular weight excluding hydrogens is 460 g/mol. The normalized spacial score (nSPS) is 11.6. The molecule has 8 heteroatoms. The highest BCUT2D eigenvalue weighted by Crippen LogP contribution is 2.26.